The predicted molar refractivity (Wildman–Crippen MR) is 98.4 cm³/mol. The number of aliphatic imine (C=N–C) groups is 1. The van der Waals surface area contributed by atoms with Crippen molar-refractivity contribution in [2.75, 3.05) is 12.4 Å². The van der Waals surface area contributed by atoms with Gasteiger partial charge in [0.1, 0.15) is 0 Å². The Morgan fingerprint density at radius 2 is 2.19 bits per heavy atom. The highest BCUT2D eigenvalue weighted by Gasteiger charge is 2.03. The number of aryl methyl sites for hydroxylation is 1. The van der Waals surface area contributed by atoms with Crippen LogP contribution in [0.3, 0.4) is 0 Å². The molecule has 0 aliphatic rings. The molecule has 0 fully saturated rings. The summed E-state index contributed by atoms with van der Waals surface area (Å²) in [6.07, 6.45) is 1.83. The highest BCUT2D eigenvalue weighted by molar-refractivity contribution is 14.0. The second-order valence-corrected chi connectivity index (χ2v) is 5.58. The summed E-state index contributed by atoms with van der Waals surface area (Å²) in [4.78, 5) is 9.60. The Balaban J connectivity index is 0.00000220. The van der Waals surface area contributed by atoms with Gasteiger partial charge in [0.2, 0.25) is 0 Å². The van der Waals surface area contributed by atoms with Gasteiger partial charge in [0.15, 0.2) is 5.96 Å². The van der Waals surface area contributed by atoms with Crippen LogP contribution in [0.25, 0.3) is 0 Å². The molecule has 0 amide bonds. The number of thiazole rings is 1. The van der Waals surface area contributed by atoms with E-state index in [0.717, 1.165) is 21.1 Å². The van der Waals surface area contributed by atoms with Gasteiger partial charge in [0.05, 0.1) is 18.2 Å². The van der Waals surface area contributed by atoms with Crippen molar-refractivity contribution in [3.05, 3.63) is 45.9 Å². The first-order valence-electron chi connectivity index (χ1n) is 6.24. The maximum atomic E-state index is 5.91. The summed E-state index contributed by atoms with van der Waals surface area (Å²) in [6, 6.07) is 7.85. The summed E-state index contributed by atoms with van der Waals surface area (Å²) >= 11 is 1.63. The number of nitrogens with two attached hydrogens (primary N) is 1. The fourth-order valence-corrected chi connectivity index (χ4v) is 2.46. The summed E-state index contributed by atoms with van der Waals surface area (Å²) in [6.45, 7) is 3.04. The topological polar surface area (TPSA) is 72.5 Å². The van der Waals surface area contributed by atoms with E-state index in [1.54, 1.807) is 18.4 Å². The normalized spacial score (nSPS) is 11.0. The molecule has 3 N–H and O–H groups in total. The van der Waals surface area contributed by atoms with Crippen molar-refractivity contribution < 1.29 is 4.74 Å². The third kappa shape index (κ3) is 5.60. The largest absolute Gasteiger partial charge is 0.380 e. The molecule has 2 aromatic rings. The average molecular weight is 418 g/mol. The Bertz CT molecular complexity index is 600. The Labute approximate surface area is 145 Å². The van der Waals surface area contributed by atoms with Crippen LogP contribution in [0.4, 0.5) is 5.69 Å². The Kier molecular flexibility index (Phi) is 7.62. The molecule has 2 rings (SSSR count). The lowest BCUT2D eigenvalue weighted by molar-refractivity contribution is 0.185. The van der Waals surface area contributed by atoms with Gasteiger partial charge < -0.3 is 15.8 Å². The van der Waals surface area contributed by atoms with E-state index >= 15 is 0 Å². The molecule has 0 spiro atoms. The third-order valence-electron chi connectivity index (χ3n) is 2.65. The maximum absolute atomic E-state index is 5.91. The summed E-state index contributed by atoms with van der Waals surface area (Å²) < 4.78 is 5.15. The van der Waals surface area contributed by atoms with Gasteiger partial charge in [0, 0.05) is 29.4 Å². The van der Waals surface area contributed by atoms with E-state index in [0.29, 0.717) is 19.1 Å². The molecule has 21 heavy (non-hydrogen) atoms. The van der Waals surface area contributed by atoms with E-state index in [-0.39, 0.29) is 24.0 Å². The number of nitrogens with zero attached hydrogens (tertiary/aromatic N) is 2. The average Bonchev–Trinajstić information content (AvgIpc) is 2.85. The van der Waals surface area contributed by atoms with Gasteiger partial charge in [-0.2, -0.15) is 0 Å². The molecule has 0 bridgehead atoms. The minimum Gasteiger partial charge on any atom is -0.380 e. The van der Waals surface area contributed by atoms with Gasteiger partial charge >= 0.3 is 0 Å². The number of benzene rings is 1. The number of guanidine groups is 1. The van der Waals surface area contributed by atoms with E-state index in [2.05, 4.69) is 15.3 Å². The van der Waals surface area contributed by atoms with E-state index in [1.165, 1.54) is 0 Å². The number of hydrogen-bond donors (Lipinski definition) is 2. The molecule has 114 valence electrons. The van der Waals surface area contributed by atoms with Crippen LogP contribution in [0.5, 0.6) is 0 Å². The van der Waals surface area contributed by atoms with Gasteiger partial charge in [-0.15, -0.1) is 35.3 Å². The lowest BCUT2D eigenvalue weighted by Crippen LogP contribution is -2.23. The van der Waals surface area contributed by atoms with Gasteiger partial charge in [-0.25, -0.2) is 9.98 Å². The third-order valence-corrected chi connectivity index (χ3v) is 3.55. The fraction of sp³-hybridized carbons (Fsp3) is 0.286. The number of methoxy groups -OCH3 is 1. The zero-order valence-corrected chi connectivity index (χ0v) is 15.1. The quantitative estimate of drug-likeness (QED) is 0.445. The van der Waals surface area contributed by atoms with Crippen LogP contribution >= 0.6 is 35.3 Å². The predicted octanol–water partition coefficient (Wildman–Crippen LogP) is 3.14. The molecule has 7 heteroatoms. The zero-order chi connectivity index (χ0) is 14.4. The summed E-state index contributed by atoms with van der Waals surface area (Å²) in [5, 5.41) is 4.14. The molecule has 1 aromatic heterocycles. The van der Waals surface area contributed by atoms with Crippen LogP contribution in [0.1, 0.15) is 15.4 Å². The summed E-state index contributed by atoms with van der Waals surface area (Å²) in [5.41, 5.74) is 7.86. The second kappa shape index (κ2) is 8.96. The van der Waals surface area contributed by atoms with Crippen molar-refractivity contribution in [2.45, 2.75) is 20.1 Å². The molecular formula is C14H19IN4OS. The van der Waals surface area contributed by atoms with Gasteiger partial charge in [-0.05, 0) is 13.0 Å². The Morgan fingerprint density at radius 3 is 2.86 bits per heavy atom. The fourth-order valence-electron chi connectivity index (χ4n) is 1.74. The number of rotatable bonds is 5. The first kappa shape index (κ1) is 17.9. The Hall–Kier alpha value is -1.19. The first-order valence-corrected chi connectivity index (χ1v) is 7.06. The standard InChI is InChI=1S/C14H18N4OS.HI/c1-10-16-7-12(20-10)8-17-14(15)18-13-6-4-3-5-11(13)9-19-2;/h3-7H,8-9H2,1-2H3,(H3,15,17,18);1H. The molecule has 0 radical (unpaired) electrons. The monoisotopic (exact) mass is 418 g/mol. The van der Waals surface area contributed by atoms with Crippen molar-refractivity contribution in [1.29, 1.82) is 0 Å². The van der Waals surface area contributed by atoms with Crippen LogP contribution in [0, 0.1) is 6.92 Å². The zero-order valence-electron chi connectivity index (χ0n) is 12.0. The van der Waals surface area contributed by atoms with Crippen LogP contribution in [0.2, 0.25) is 0 Å². The van der Waals surface area contributed by atoms with E-state index in [1.807, 2.05) is 37.4 Å². The SMILES string of the molecule is COCc1ccccc1NC(N)=NCc1cnc(C)s1.I. The minimum absolute atomic E-state index is 0. The van der Waals surface area contributed by atoms with Gasteiger partial charge in [-0.3, -0.25) is 0 Å². The molecule has 1 heterocycles. The molecule has 0 aliphatic heterocycles. The molecule has 0 unspecified atom stereocenters. The molecule has 0 saturated carbocycles. The molecule has 1 aromatic carbocycles. The lowest BCUT2D eigenvalue weighted by atomic mass is 10.2. The van der Waals surface area contributed by atoms with Crippen molar-refractivity contribution in [3.8, 4) is 0 Å². The van der Waals surface area contributed by atoms with Crippen LogP contribution < -0.4 is 11.1 Å². The van der Waals surface area contributed by atoms with Crippen LogP contribution in [-0.4, -0.2) is 18.1 Å². The van der Waals surface area contributed by atoms with E-state index in [9.17, 15) is 0 Å². The Morgan fingerprint density at radius 1 is 1.43 bits per heavy atom. The van der Waals surface area contributed by atoms with Crippen LogP contribution in [0.15, 0.2) is 35.5 Å². The molecule has 5 nitrogen and oxygen atoms in total. The lowest BCUT2D eigenvalue weighted by Gasteiger charge is -2.10. The minimum atomic E-state index is 0. The number of aromatic nitrogens is 1. The smallest absolute Gasteiger partial charge is 0.193 e. The number of para-hydroxylation sites is 1. The molecular weight excluding hydrogens is 399 g/mol. The van der Waals surface area contributed by atoms with Crippen molar-refractivity contribution >= 4 is 47.0 Å². The summed E-state index contributed by atoms with van der Waals surface area (Å²) in [5.74, 6) is 0.389. The number of ether oxygens (including phenoxy) is 1. The summed E-state index contributed by atoms with van der Waals surface area (Å²) in [7, 11) is 1.67. The number of anilines is 1. The maximum Gasteiger partial charge on any atom is 0.193 e. The highest BCUT2D eigenvalue weighted by Crippen LogP contribution is 2.16. The number of halogens is 1. The van der Waals surface area contributed by atoms with Gasteiger partial charge in [-0.1, -0.05) is 18.2 Å². The highest BCUT2D eigenvalue weighted by atomic mass is 127. The second-order valence-electron chi connectivity index (χ2n) is 4.26. The number of hydrogen-bond acceptors (Lipinski definition) is 4. The number of nitrogens with one attached hydrogen (secondary N) is 1. The van der Waals surface area contributed by atoms with Crippen molar-refractivity contribution in [1.82, 2.24) is 4.98 Å². The van der Waals surface area contributed by atoms with Gasteiger partial charge in [0.25, 0.3) is 0 Å². The van der Waals surface area contributed by atoms with E-state index in [4.69, 9.17) is 10.5 Å². The molecule has 0 aliphatic carbocycles. The van der Waals surface area contributed by atoms with Crippen molar-refractivity contribution in [3.63, 3.8) is 0 Å². The van der Waals surface area contributed by atoms with Crippen molar-refractivity contribution in [2.24, 2.45) is 10.7 Å². The molecule has 0 saturated heterocycles. The first-order chi connectivity index (χ1) is 9.69. The van der Waals surface area contributed by atoms with Crippen LogP contribution in [-0.2, 0) is 17.9 Å². The van der Waals surface area contributed by atoms with E-state index < -0.39 is 0 Å². The molecule has 0 atom stereocenters.